The topological polar surface area (TPSA) is 79.2 Å². The molecular formula is C25H22N2O3S. The van der Waals surface area contributed by atoms with E-state index in [2.05, 4.69) is 11.4 Å². The molecule has 0 saturated carbocycles. The maximum Gasteiger partial charge on any atom is 0.262 e. The quantitative estimate of drug-likeness (QED) is 0.367. The number of nitriles is 1. The second kappa shape index (κ2) is 11.0. The average molecular weight is 431 g/mol. The van der Waals surface area contributed by atoms with E-state index in [4.69, 9.17) is 10.00 Å². The molecule has 3 aromatic rings. The van der Waals surface area contributed by atoms with Crippen LogP contribution in [0.5, 0.6) is 5.75 Å². The Bertz CT molecular complexity index is 1080. The van der Waals surface area contributed by atoms with E-state index < -0.39 is 0 Å². The molecule has 3 rings (SSSR count). The monoisotopic (exact) mass is 430 g/mol. The van der Waals surface area contributed by atoms with Gasteiger partial charge in [0.05, 0.1) is 11.8 Å². The fourth-order valence-corrected chi connectivity index (χ4v) is 3.85. The molecule has 6 heteroatoms. The van der Waals surface area contributed by atoms with E-state index in [1.165, 1.54) is 0 Å². The van der Waals surface area contributed by atoms with E-state index in [1.807, 2.05) is 49.4 Å². The van der Waals surface area contributed by atoms with Crippen LogP contribution in [-0.4, -0.2) is 23.5 Å². The number of anilines is 1. The number of benzene rings is 3. The van der Waals surface area contributed by atoms with Crippen LogP contribution in [-0.2, 0) is 4.79 Å². The summed E-state index contributed by atoms with van der Waals surface area (Å²) < 4.78 is 5.57. The smallest absolute Gasteiger partial charge is 0.262 e. The third-order valence-corrected chi connectivity index (χ3v) is 5.57. The van der Waals surface area contributed by atoms with Crippen molar-refractivity contribution < 1.29 is 14.3 Å². The molecule has 0 aliphatic carbocycles. The minimum absolute atomic E-state index is 0.0652. The van der Waals surface area contributed by atoms with E-state index in [1.54, 1.807) is 48.2 Å². The van der Waals surface area contributed by atoms with Gasteiger partial charge in [-0.25, -0.2) is 0 Å². The maximum absolute atomic E-state index is 12.5. The fraction of sp³-hybridized carbons (Fsp3) is 0.160. The Kier molecular flexibility index (Phi) is 7.85. The molecule has 0 saturated heterocycles. The fourth-order valence-electron chi connectivity index (χ4n) is 2.85. The lowest BCUT2D eigenvalue weighted by molar-refractivity contribution is -0.118. The van der Waals surface area contributed by atoms with Crippen molar-refractivity contribution in [1.82, 2.24) is 0 Å². The van der Waals surface area contributed by atoms with Crippen LogP contribution in [0.4, 0.5) is 5.69 Å². The molecule has 0 aromatic heterocycles. The van der Waals surface area contributed by atoms with Crippen molar-refractivity contribution in [3.05, 3.63) is 90.0 Å². The van der Waals surface area contributed by atoms with Crippen molar-refractivity contribution in [2.75, 3.05) is 11.9 Å². The summed E-state index contributed by atoms with van der Waals surface area (Å²) in [5.41, 5.74) is 1.87. The van der Waals surface area contributed by atoms with Gasteiger partial charge in [0.1, 0.15) is 5.75 Å². The number of rotatable bonds is 9. The zero-order valence-corrected chi connectivity index (χ0v) is 17.9. The van der Waals surface area contributed by atoms with E-state index >= 15 is 0 Å². The van der Waals surface area contributed by atoms with Crippen LogP contribution < -0.4 is 10.1 Å². The highest BCUT2D eigenvalue weighted by Crippen LogP contribution is 2.31. The average Bonchev–Trinajstić information content (AvgIpc) is 2.79. The normalized spacial score (nSPS) is 11.2. The molecule has 31 heavy (non-hydrogen) atoms. The number of carbonyl (C=O) groups excluding carboxylic acids is 2. The van der Waals surface area contributed by atoms with Gasteiger partial charge < -0.3 is 10.1 Å². The van der Waals surface area contributed by atoms with E-state index in [-0.39, 0.29) is 23.5 Å². The molecule has 0 fully saturated rings. The van der Waals surface area contributed by atoms with Crippen LogP contribution in [0.1, 0.15) is 29.3 Å². The Morgan fingerprint density at radius 1 is 0.968 bits per heavy atom. The van der Waals surface area contributed by atoms with E-state index in [9.17, 15) is 9.59 Å². The number of thioether (sulfide) groups is 1. The van der Waals surface area contributed by atoms with Gasteiger partial charge in [0.25, 0.3) is 5.91 Å². The van der Waals surface area contributed by atoms with Gasteiger partial charge in [0.15, 0.2) is 12.4 Å². The van der Waals surface area contributed by atoms with Crippen molar-refractivity contribution >= 4 is 29.1 Å². The van der Waals surface area contributed by atoms with Crippen LogP contribution in [0.15, 0.2) is 83.8 Å². The Morgan fingerprint density at radius 3 is 2.32 bits per heavy atom. The van der Waals surface area contributed by atoms with Crippen molar-refractivity contribution in [1.29, 1.82) is 5.26 Å². The minimum Gasteiger partial charge on any atom is -0.484 e. The molecular weight excluding hydrogens is 408 g/mol. The predicted molar refractivity (Wildman–Crippen MR) is 122 cm³/mol. The second-order valence-electron chi connectivity index (χ2n) is 6.84. The van der Waals surface area contributed by atoms with Crippen molar-refractivity contribution in [2.24, 2.45) is 0 Å². The van der Waals surface area contributed by atoms with Gasteiger partial charge in [0, 0.05) is 27.7 Å². The van der Waals surface area contributed by atoms with Crippen LogP contribution in [0.25, 0.3) is 0 Å². The molecule has 0 bridgehead atoms. The Morgan fingerprint density at radius 2 is 1.61 bits per heavy atom. The molecule has 0 heterocycles. The molecule has 1 atom stereocenters. The van der Waals surface area contributed by atoms with Gasteiger partial charge in [-0.15, -0.1) is 11.8 Å². The van der Waals surface area contributed by atoms with Crippen molar-refractivity contribution in [2.45, 2.75) is 23.5 Å². The lowest BCUT2D eigenvalue weighted by atomic mass is 10.0. The third kappa shape index (κ3) is 6.46. The maximum atomic E-state index is 12.5. The Labute approximate surface area is 186 Å². The first-order valence-corrected chi connectivity index (χ1v) is 10.7. The van der Waals surface area contributed by atoms with Crippen LogP contribution in [0, 0.1) is 11.3 Å². The minimum atomic E-state index is -0.287. The molecule has 0 aliphatic heterocycles. The molecule has 1 N–H and O–H groups in total. The van der Waals surface area contributed by atoms with Crippen molar-refractivity contribution in [3.8, 4) is 11.8 Å². The van der Waals surface area contributed by atoms with Crippen LogP contribution in [0.2, 0.25) is 0 Å². The summed E-state index contributed by atoms with van der Waals surface area (Å²) >= 11 is 1.54. The zero-order valence-electron chi connectivity index (χ0n) is 17.1. The number of ketones is 1. The molecule has 0 spiro atoms. The van der Waals surface area contributed by atoms with Gasteiger partial charge in [-0.05, 0) is 36.4 Å². The molecule has 1 amide bonds. The molecule has 3 aromatic carbocycles. The number of para-hydroxylation sites is 1. The van der Waals surface area contributed by atoms with E-state index in [0.29, 0.717) is 29.0 Å². The second-order valence-corrected chi connectivity index (χ2v) is 8.32. The number of hydrogen-bond acceptors (Lipinski definition) is 5. The molecule has 156 valence electrons. The van der Waals surface area contributed by atoms with Gasteiger partial charge >= 0.3 is 0 Å². The summed E-state index contributed by atoms with van der Waals surface area (Å²) in [7, 11) is 0. The number of amides is 1. The highest BCUT2D eigenvalue weighted by atomic mass is 32.2. The first-order chi connectivity index (χ1) is 15.1. The van der Waals surface area contributed by atoms with Crippen LogP contribution in [0.3, 0.4) is 0 Å². The largest absolute Gasteiger partial charge is 0.484 e. The number of ether oxygens (including phenoxy) is 1. The molecule has 1 unspecified atom stereocenters. The number of carbonyl (C=O) groups is 2. The standard InChI is InChI=1S/C25H22N2O3S/c1-18(15-16-26)31-23-10-6-5-9-22(23)27-24(28)17-30-21-13-11-20(12-14-21)25(29)19-7-3-2-4-8-19/h2-14,18H,15,17H2,1H3,(H,27,28). The van der Waals surface area contributed by atoms with Gasteiger partial charge in [-0.3, -0.25) is 9.59 Å². The Balaban J connectivity index is 1.56. The molecule has 5 nitrogen and oxygen atoms in total. The Hall–Kier alpha value is -3.56. The number of nitrogens with zero attached hydrogens (tertiary/aromatic N) is 1. The predicted octanol–water partition coefficient (Wildman–Crippen LogP) is 5.33. The summed E-state index contributed by atoms with van der Waals surface area (Å²) in [6.45, 7) is 1.82. The lowest BCUT2D eigenvalue weighted by Crippen LogP contribution is -2.20. The highest BCUT2D eigenvalue weighted by molar-refractivity contribution is 8.00. The first-order valence-electron chi connectivity index (χ1n) is 9.82. The number of nitrogens with one attached hydrogen (secondary N) is 1. The van der Waals surface area contributed by atoms with Crippen molar-refractivity contribution in [3.63, 3.8) is 0 Å². The molecule has 0 radical (unpaired) electrons. The summed E-state index contributed by atoms with van der Waals surface area (Å²) in [5.74, 6) is 0.153. The first kappa shape index (κ1) is 22.1. The summed E-state index contributed by atoms with van der Waals surface area (Å²) in [6.07, 6.45) is 0.429. The van der Waals surface area contributed by atoms with E-state index in [0.717, 1.165) is 4.90 Å². The number of hydrogen-bond donors (Lipinski definition) is 1. The summed E-state index contributed by atoms with van der Waals surface area (Å²) in [5, 5.41) is 11.8. The highest BCUT2D eigenvalue weighted by Gasteiger charge is 2.12. The van der Waals surface area contributed by atoms with Crippen LogP contribution >= 0.6 is 11.8 Å². The zero-order chi connectivity index (χ0) is 22.1. The van der Waals surface area contributed by atoms with Gasteiger partial charge in [0.2, 0.25) is 0 Å². The lowest BCUT2D eigenvalue weighted by Gasteiger charge is -2.13. The third-order valence-electron chi connectivity index (χ3n) is 4.39. The summed E-state index contributed by atoms with van der Waals surface area (Å²) in [6, 6.07) is 25.4. The SMILES string of the molecule is CC(CC#N)Sc1ccccc1NC(=O)COc1ccc(C(=O)c2ccccc2)cc1. The summed E-state index contributed by atoms with van der Waals surface area (Å²) in [4.78, 5) is 25.7. The molecule has 0 aliphatic rings. The van der Waals surface area contributed by atoms with Gasteiger partial charge in [-0.1, -0.05) is 49.4 Å². The van der Waals surface area contributed by atoms with Gasteiger partial charge in [-0.2, -0.15) is 5.26 Å².